The lowest BCUT2D eigenvalue weighted by Crippen LogP contribution is -2.45. The minimum Gasteiger partial charge on any atom is -0.312 e. The second kappa shape index (κ2) is 3.57. The third-order valence-electron chi connectivity index (χ3n) is 2.95. The molecule has 2 aliphatic rings. The van der Waals surface area contributed by atoms with Gasteiger partial charge in [-0.05, 0) is 33.0 Å². The van der Waals surface area contributed by atoms with Crippen LogP contribution in [-0.2, 0) is 4.79 Å². The Kier molecular flexibility index (Phi) is 2.41. The van der Waals surface area contributed by atoms with Crippen molar-refractivity contribution in [2.75, 3.05) is 26.7 Å². The molecule has 0 bridgehead atoms. The lowest BCUT2D eigenvalue weighted by molar-refractivity contribution is -0.118. The van der Waals surface area contributed by atoms with Gasteiger partial charge < -0.3 is 9.80 Å². The maximum absolute atomic E-state index is 11.3. The summed E-state index contributed by atoms with van der Waals surface area (Å²) in [7, 11) is 2.07. The van der Waals surface area contributed by atoms with Crippen molar-refractivity contribution >= 4 is 11.9 Å². The number of imide groups is 1. The van der Waals surface area contributed by atoms with Crippen LogP contribution >= 0.6 is 0 Å². The zero-order valence-electron chi connectivity index (χ0n) is 8.32. The molecule has 2 aliphatic heterocycles. The topological polar surface area (TPSA) is 52.6 Å². The van der Waals surface area contributed by atoms with Gasteiger partial charge >= 0.3 is 6.03 Å². The summed E-state index contributed by atoms with van der Waals surface area (Å²) in [6, 6.07) is 0.0298. The van der Waals surface area contributed by atoms with Crippen molar-refractivity contribution in [2.24, 2.45) is 0 Å². The first-order valence-corrected chi connectivity index (χ1v) is 4.96. The average Bonchev–Trinajstić information content (AvgIpc) is 2.47. The van der Waals surface area contributed by atoms with Gasteiger partial charge in [-0.1, -0.05) is 0 Å². The lowest BCUT2D eigenvalue weighted by Gasteiger charge is -2.33. The van der Waals surface area contributed by atoms with Crippen LogP contribution in [0.1, 0.15) is 12.8 Å². The Hall–Kier alpha value is -1.10. The van der Waals surface area contributed by atoms with Crippen molar-refractivity contribution in [3.05, 3.63) is 0 Å². The number of carbonyl (C=O) groups excluding carboxylic acids is 2. The normalized spacial score (nSPS) is 25.6. The quantitative estimate of drug-likeness (QED) is 0.584. The van der Waals surface area contributed by atoms with Gasteiger partial charge in [-0.3, -0.25) is 10.1 Å². The molecule has 2 heterocycles. The number of rotatable bonds is 1. The summed E-state index contributed by atoms with van der Waals surface area (Å²) in [5.74, 6) is -0.172. The van der Waals surface area contributed by atoms with Crippen LogP contribution in [0.4, 0.5) is 4.79 Å². The van der Waals surface area contributed by atoms with E-state index in [2.05, 4.69) is 17.3 Å². The number of likely N-dealkylation sites (tertiary alicyclic amines) is 1. The molecule has 2 rings (SSSR count). The van der Waals surface area contributed by atoms with Crippen molar-refractivity contribution in [3.8, 4) is 0 Å². The molecule has 0 radical (unpaired) electrons. The van der Waals surface area contributed by atoms with E-state index in [0.29, 0.717) is 0 Å². The zero-order chi connectivity index (χ0) is 10.1. The Labute approximate surface area is 83.0 Å². The second-order valence-corrected chi connectivity index (χ2v) is 4.02. The van der Waals surface area contributed by atoms with Gasteiger partial charge in [0, 0.05) is 6.04 Å². The number of amides is 3. The second-order valence-electron chi connectivity index (χ2n) is 4.02. The van der Waals surface area contributed by atoms with E-state index < -0.39 is 0 Å². The van der Waals surface area contributed by atoms with E-state index in [1.165, 1.54) is 0 Å². The van der Waals surface area contributed by atoms with Crippen molar-refractivity contribution in [1.82, 2.24) is 15.1 Å². The molecule has 1 N–H and O–H groups in total. The molecule has 0 spiro atoms. The average molecular weight is 197 g/mol. The van der Waals surface area contributed by atoms with Gasteiger partial charge in [-0.15, -0.1) is 0 Å². The molecular formula is C9H15N3O2. The van der Waals surface area contributed by atoms with Gasteiger partial charge in [0.2, 0.25) is 5.91 Å². The molecule has 14 heavy (non-hydrogen) atoms. The minimum absolute atomic E-state index is 0.172. The van der Waals surface area contributed by atoms with E-state index >= 15 is 0 Å². The molecular weight excluding hydrogens is 182 g/mol. The van der Waals surface area contributed by atoms with E-state index in [1.807, 2.05) is 0 Å². The first-order valence-electron chi connectivity index (χ1n) is 4.96. The molecule has 2 fully saturated rings. The summed E-state index contributed by atoms with van der Waals surface area (Å²) in [4.78, 5) is 26.2. The van der Waals surface area contributed by atoms with Crippen molar-refractivity contribution < 1.29 is 9.59 Å². The maximum atomic E-state index is 11.3. The molecule has 0 aromatic heterocycles. The van der Waals surface area contributed by atoms with Crippen LogP contribution in [-0.4, -0.2) is 54.5 Å². The predicted molar refractivity (Wildman–Crippen MR) is 50.8 cm³/mol. The SMILES string of the molecule is CN1CCC(N2CC(=O)NC2=O)CC1. The highest BCUT2D eigenvalue weighted by Gasteiger charge is 2.33. The van der Waals surface area contributed by atoms with Crippen LogP contribution in [0.5, 0.6) is 0 Å². The molecule has 0 aromatic carbocycles. The molecule has 3 amide bonds. The Morgan fingerprint density at radius 3 is 2.43 bits per heavy atom. The number of hydrogen-bond donors (Lipinski definition) is 1. The number of carbonyl (C=O) groups is 2. The van der Waals surface area contributed by atoms with Crippen LogP contribution in [0.15, 0.2) is 0 Å². The fourth-order valence-corrected chi connectivity index (χ4v) is 2.06. The summed E-state index contributed by atoms with van der Waals surface area (Å²) in [5.41, 5.74) is 0. The standard InChI is InChI=1S/C9H15N3O2/c1-11-4-2-7(3-5-11)12-6-8(13)10-9(12)14/h7H,2-6H2,1H3,(H,10,13,14). The molecule has 5 nitrogen and oxygen atoms in total. The first-order chi connectivity index (χ1) is 6.66. The van der Waals surface area contributed by atoms with Gasteiger partial charge in [0.1, 0.15) is 6.54 Å². The largest absolute Gasteiger partial charge is 0.324 e. The smallest absolute Gasteiger partial charge is 0.312 e. The van der Waals surface area contributed by atoms with Gasteiger partial charge in [0.15, 0.2) is 0 Å². The van der Waals surface area contributed by atoms with Crippen molar-refractivity contribution in [3.63, 3.8) is 0 Å². The Bertz CT molecular complexity index is 259. The Balaban J connectivity index is 1.95. The number of piperidine rings is 1. The third kappa shape index (κ3) is 1.72. The molecule has 0 atom stereocenters. The van der Waals surface area contributed by atoms with Crippen molar-refractivity contribution in [1.29, 1.82) is 0 Å². The summed E-state index contributed by atoms with van der Waals surface area (Å²) in [6.07, 6.45) is 1.94. The highest BCUT2D eigenvalue weighted by Crippen LogP contribution is 2.17. The third-order valence-corrected chi connectivity index (χ3v) is 2.95. The van der Waals surface area contributed by atoms with E-state index in [4.69, 9.17) is 0 Å². The molecule has 0 saturated carbocycles. The van der Waals surface area contributed by atoms with Crippen LogP contribution in [0, 0.1) is 0 Å². The monoisotopic (exact) mass is 197 g/mol. The van der Waals surface area contributed by atoms with Crippen LogP contribution in [0.3, 0.4) is 0 Å². The molecule has 78 valence electrons. The van der Waals surface area contributed by atoms with Gasteiger partial charge in [0.25, 0.3) is 0 Å². The molecule has 0 unspecified atom stereocenters. The molecule has 5 heteroatoms. The fraction of sp³-hybridized carbons (Fsp3) is 0.778. The van der Waals surface area contributed by atoms with E-state index in [1.54, 1.807) is 4.90 Å². The van der Waals surface area contributed by atoms with E-state index in [0.717, 1.165) is 25.9 Å². The summed E-state index contributed by atoms with van der Waals surface area (Å²) >= 11 is 0. The molecule has 0 aliphatic carbocycles. The minimum atomic E-state index is -0.218. The van der Waals surface area contributed by atoms with Gasteiger partial charge in [-0.25, -0.2) is 4.79 Å². The lowest BCUT2D eigenvalue weighted by atomic mass is 10.0. The summed E-state index contributed by atoms with van der Waals surface area (Å²) in [5, 5.41) is 2.31. The zero-order valence-corrected chi connectivity index (χ0v) is 8.32. The highest BCUT2D eigenvalue weighted by molar-refractivity contribution is 6.02. The first kappa shape index (κ1) is 9.45. The molecule has 2 saturated heterocycles. The Morgan fingerprint density at radius 2 is 1.93 bits per heavy atom. The number of hydrogen-bond acceptors (Lipinski definition) is 3. The molecule has 0 aromatic rings. The summed E-state index contributed by atoms with van der Waals surface area (Å²) in [6.45, 7) is 2.25. The van der Waals surface area contributed by atoms with Crippen LogP contribution < -0.4 is 5.32 Å². The van der Waals surface area contributed by atoms with E-state index in [-0.39, 0.29) is 24.5 Å². The maximum Gasteiger partial charge on any atom is 0.324 e. The summed E-state index contributed by atoms with van der Waals surface area (Å²) < 4.78 is 0. The van der Waals surface area contributed by atoms with Gasteiger partial charge in [0.05, 0.1) is 0 Å². The van der Waals surface area contributed by atoms with Crippen molar-refractivity contribution in [2.45, 2.75) is 18.9 Å². The number of nitrogens with one attached hydrogen (secondary N) is 1. The number of nitrogens with zero attached hydrogens (tertiary/aromatic N) is 2. The van der Waals surface area contributed by atoms with Gasteiger partial charge in [-0.2, -0.15) is 0 Å². The number of urea groups is 1. The van der Waals surface area contributed by atoms with Crippen LogP contribution in [0.2, 0.25) is 0 Å². The fourth-order valence-electron chi connectivity index (χ4n) is 2.06. The van der Waals surface area contributed by atoms with Crippen LogP contribution in [0.25, 0.3) is 0 Å². The van der Waals surface area contributed by atoms with E-state index in [9.17, 15) is 9.59 Å². The Morgan fingerprint density at radius 1 is 1.29 bits per heavy atom. The predicted octanol–water partition coefficient (Wildman–Crippen LogP) is -0.368. The highest BCUT2D eigenvalue weighted by atomic mass is 16.2.